The number of rotatable bonds is 4. The fourth-order valence-corrected chi connectivity index (χ4v) is 4.02. The van der Waals surface area contributed by atoms with Gasteiger partial charge in [0.1, 0.15) is 6.26 Å². The van der Waals surface area contributed by atoms with Gasteiger partial charge in [-0.3, -0.25) is 9.59 Å². The minimum atomic E-state index is -0.261. The Bertz CT molecular complexity index is 834. The summed E-state index contributed by atoms with van der Waals surface area (Å²) in [5.74, 6) is 0.200. The maximum atomic E-state index is 12.7. The first-order chi connectivity index (χ1) is 12.4. The average Bonchev–Trinajstić information content (AvgIpc) is 3.25. The molecule has 4 rings (SSSR count). The average molecular weight is 353 g/mol. The zero-order valence-corrected chi connectivity index (χ0v) is 15.1. The Morgan fingerprint density at radius 3 is 2.69 bits per heavy atom. The molecule has 6 nitrogen and oxygen atoms in total. The van der Waals surface area contributed by atoms with Crippen LogP contribution in [0.25, 0.3) is 0 Å². The van der Waals surface area contributed by atoms with Gasteiger partial charge in [-0.1, -0.05) is 37.2 Å². The summed E-state index contributed by atoms with van der Waals surface area (Å²) in [6, 6.07) is 7.67. The Balaban J connectivity index is 1.36. The van der Waals surface area contributed by atoms with E-state index in [4.69, 9.17) is 0 Å². The molecule has 2 aliphatic rings. The Morgan fingerprint density at radius 1 is 1.23 bits per heavy atom. The monoisotopic (exact) mass is 353 g/mol. The molecule has 2 heterocycles. The molecule has 2 aromatic rings. The molecular weight excluding hydrogens is 330 g/mol. The molecule has 0 bridgehead atoms. The van der Waals surface area contributed by atoms with Crippen molar-refractivity contribution in [1.82, 2.24) is 15.4 Å². The largest absolute Gasteiger partial charge is 0.364 e. The van der Waals surface area contributed by atoms with E-state index in [-0.39, 0.29) is 23.4 Å². The second-order valence-electron chi connectivity index (χ2n) is 8.13. The molecule has 0 spiro atoms. The number of hydrogen-bond donors (Lipinski definition) is 1. The van der Waals surface area contributed by atoms with E-state index in [1.165, 1.54) is 23.5 Å². The highest BCUT2D eigenvalue weighted by Gasteiger charge is 2.42. The van der Waals surface area contributed by atoms with Gasteiger partial charge in [0, 0.05) is 31.6 Å². The predicted octanol–water partition coefficient (Wildman–Crippen LogP) is 2.88. The fraction of sp³-hybridized carbons (Fsp3) is 0.450. The standard InChI is InChI=1S/C20H23N3O3/c1-20(2)8-16(9-20)19(25)23-11-14-4-3-13(7-15(14)12-23)10-21-18(24)17-5-6-26-22-17/h3-7,16H,8-12H2,1-2H3,(H,21,24). The first-order valence-corrected chi connectivity index (χ1v) is 8.99. The van der Waals surface area contributed by atoms with E-state index in [9.17, 15) is 9.59 Å². The summed E-state index contributed by atoms with van der Waals surface area (Å²) in [5, 5.41) is 6.45. The lowest BCUT2D eigenvalue weighted by molar-refractivity contribution is -0.143. The maximum Gasteiger partial charge on any atom is 0.273 e. The van der Waals surface area contributed by atoms with E-state index in [0.29, 0.717) is 25.0 Å². The van der Waals surface area contributed by atoms with Crippen molar-refractivity contribution in [3.63, 3.8) is 0 Å². The molecule has 1 N–H and O–H groups in total. The SMILES string of the molecule is CC1(C)CC(C(=O)N2Cc3ccc(CNC(=O)c4ccon4)cc3C2)C1. The van der Waals surface area contributed by atoms with Crippen LogP contribution in [0.1, 0.15) is 53.9 Å². The molecule has 1 aromatic heterocycles. The van der Waals surface area contributed by atoms with Crippen molar-refractivity contribution >= 4 is 11.8 Å². The quantitative estimate of drug-likeness (QED) is 0.917. The molecule has 1 fully saturated rings. The molecule has 1 aromatic carbocycles. The summed E-state index contributed by atoms with van der Waals surface area (Å²) in [7, 11) is 0. The zero-order valence-electron chi connectivity index (χ0n) is 15.1. The predicted molar refractivity (Wildman–Crippen MR) is 94.9 cm³/mol. The Hall–Kier alpha value is -2.63. The number of nitrogens with zero attached hydrogens (tertiary/aromatic N) is 2. The van der Waals surface area contributed by atoms with Gasteiger partial charge in [0.25, 0.3) is 5.91 Å². The second-order valence-corrected chi connectivity index (χ2v) is 8.13. The van der Waals surface area contributed by atoms with Gasteiger partial charge in [-0.05, 0) is 34.9 Å². The van der Waals surface area contributed by atoms with Crippen LogP contribution >= 0.6 is 0 Å². The first-order valence-electron chi connectivity index (χ1n) is 8.99. The van der Waals surface area contributed by atoms with Crippen LogP contribution in [0.2, 0.25) is 0 Å². The van der Waals surface area contributed by atoms with Crippen LogP contribution < -0.4 is 5.32 Å². The van der Waals surface area contributed by atoms with E-state index >= 15 is 0 Å². The van der Waals surface area contributed by atoms with Crippen molar-refractivity contribution in [2.45, 2.75) is 46.3 Å². The van der Waals surface area contributed by atoms with Crippen LogP contribution in [0.3, 0.4) is 0 Å². The van der Waals surface area contributed by atoms with Gasteiger partial charge in [0.2, 0.25) is 5.91 Å². The van der Waals surface area contributed by atoms with Crippen LogP contribution in [0, 0.1) is 11.3 Å². The third-order valence-electron chi connectivity index (χ3n) is 5.38. The molecule has 1 saturated carbocycles. The van der Waals surface area contributed by atoms with E-state index in [2.05, 4.69) is 41.0 Å². The molecule has 136 valence electrons. The highest BCUT2D eigenvalue weighted by Crippen LogP contribution is 2.46. The van der Waals surface area contributed by atoms with E-state index in [0.717, 1.165) is 18.4 Å². The number of carbonyl (C=O) groups is 2. The van der Waals surface area contributed by atoms with Gasteiger partial charge >= 0.3 is 0 Å². The summed E-state index contributed by atoms with van der Waals surface area (Å²) in [4.78, 5) is 26.6. The summed E-state index contributed by atoms with van der Waals surface area (Å²) in [6.45, 7) is 6.21. The number of hydrogen-bond acceptors (Lipinski definition) is 4. The van der Waals surface area contributed by atoms with Gasteiger partial charge in [0.05, 0.1) is 0 Å². The van der Waals surface area contributed by atoms with Gasteiger partial charge in [0.15, 0.2) is 5.69 Å². The van der Waals surface area contributed by atoms with Crippen LogP contribution in [-0.4, -0.2) is 21.9 Å². The van der Waals surface area contributed by atoms with Gasteiger partial charge in [-0.2, -0.15) is 0 Å². The van der Waals surface area contributed by atoms with Crippen LogP contribution in [0.4, 0.5) is 0 Å². The number of fused-ring (bicyclic) bond motifs is 1. The summed E-state index contributed by atoms with van der Waals surface area (Å²) < 4.78 is 4.68. The minimum Gasteiger partial charge on any atom is -0.364 e. The van der Waals surface area contributed by atoms with Crippen LogP contribution in [0.15, 0.2) is 35.1 Å². The lowest BCUT2D eigenvalue weighted by Crippen LogP contribution is -2.43. The highest BCUT2D eigenvalue weighted by molar-refractivity contribution is 5.91. The van der Waals surface area contributed by atoms with Gasteiger partial charge in [-0.25, -0.2) is 0 Å². The van der Waals surface area contributed by atoms with Crippen molar-refractivity contribution in [3.8, 4) is 0 Å². The number of carbonyl (C=O) groups excluding carboxylic acids is 2. The smallest absolute Gasteiger partial charge is 0.273 e. The first kappa shape index (κ1) is 16.8. The Labute approximate surface area is 152 Å². The molecule has 0 unspecified atom stereocenters. The number of aromatic nitrogens is 1. The van der Waals surface area contributed by atoms with E-state index in [1.54, 1.807) is 0 Å². The van der Waals surface area contributed by atoms with Gasteiger partial charge in [-0.15, -0.1) is 0 Å². The van der Waals surface area contributed by atoms with Crippen molar-refractivity contribution in [2.75, 3.05) is 0 Å². The summed E-state index contributed by atoms with van der Waals surface area (Å²) in [5.41, 5.74) is 3.96. The minimum absolute atomic E-state index is 0.181. The zero-order chi connectivity index (χ0) is 18.3. The van der Waals surface area contributed by atoms with Crippen molar-refractivity contribution in [2.24, 2.45) is 11.3 Å². The van der Waals surface area contributed by atoms with Gasteiger partial charge < -0.3 is 14.7 Å². The molecule has 1 aliphatic heterocycles. The van der Waals surface area contributed by atoms with Crippen molar-refractivity contribution in [1.29, 1.82) is 0 Å². The Morgan fingerprint density at radius 2 is 2.00 bits per heavy atom. The summed E-state index contributed by atoms with van der Waals surface area (Å²) in [6.07, 6.45) is 3.34. The van der Waals surface area contributed by atoms with Crippen molar-refractivity contribution < 1.29 is 14.1 Å². The molecule has 6 heteroatoms. The molecule has 26 heavy (non-hydrogen) atoms. The lowest BCUT2D eigenvalue weighted by atomic mass is 9.64. The number of amides is 2. The normalized spacial score (nSPS) is 18.3. The molecule has 1 aliphatic carbocycles. The molecule has 2 amide bonds. The molecule has 0 atom stereocenters. The third-order valence-corrected chi connectivity index (χ3v) is 5.38. The number of benzene rings is 1. The van der Waals surface area contributed by atoms with E-state index < -0.39 is 0 Å². The molecule has 0 saturated heterocycles. The van der Waals surface area contributed by atoms with Crippen molar-refractivity contribution in [3.05, 3.63) is 52.9 Å². The van der Waals surface area contributed by atoms with Crippen LogP contribution in [-0.2, 0) is 24.4 Å². The third kappa shape index (κ3) is 3.23. The summed E-state index contributed by atoms with van der Waals surface area (Å²) >= 11 is 0. The number of nitrogens with one attached hydrogen (secondary N) is 1. The topological polar surface area (TPSA) is 75.4 Å². The molecule has 0 radical (unpaired) electrons. The fourth-order valence-electron chi connectivity index (χ4n) is 4.02. The van der Waals surface area contributed by atoms with E-state index in [1.807, 2.05) is 11.0 Å². The lowest BCUT2D eigenvalue weighted by Gasteiger charge is -2.42. The Kier molecular flexibility index (Phi) is 4.05. The highest BCUT2D eigenvalue weighted by atomic mass is 16.5. The second kappa shape index (κ2) is 6.27. The molecular formula is C20H23N3O3. The van der Waals surface area contributed by atoms with Crippen LogP contribution in [0.5, 0.6) is 0 Å². The maximum absolute atomic E-state index is 12.7.